The van der Waals surface area contributed by atoms with Crippen molar-refractivity contribution < 1.29 is 14.3 Å². The number of ether oxygens (including phenoxy) is 1. The molecule has 0 aliphatic rings. The van der Waals surface area contributed by atoms with Crippen LogP contribution in [0.25, 0.3) is 11.1 Å². The van der Waals surface area contributed by atoms with E-state index in [9.17, 15) is 9.59 Å². The summed E-state index contributed by atoms with van der Waals surface area (Å²) in [6.45, 7) is 5.38. The standard InChI is InChI=1S/C23H21ClN2O3/c1-23(2,3)29-22(28)18-11-9-16(15-7-5-4-6-8-15)13-19(18)26-21(27)17-10-12-20(24)25-14-17/h4-14H,1-3H3,(H,26,27). The Hall–Kier alpha value is -3.18. The predicted molar refractivity (Wildman–Crippen MR) is 114 cm³/mol. The van der Waals surface area contributed by atoms with Crippen LogP contribution in [0.15, 0.2) is 66.9 Å². The van der Waals surface area contributed by atoms with Crippen LogP contribution in [0, 0.1) is 0 Å². The van der Waals surface area contributed by atoms with Crippen LogP contribution in [0.2, 0.25) is 5.15 Å². The Bertz CT molecular complexity index is 1030. The van der Waals surface area contributed by atoms with E-state index in [0.29, 0.717) is 16.4 Å². The SMILES string of the molecule is CC(C)(C)OC(=O)c1ccc(-c2ccccc2)cc1NC(=O)c1ccc(Cl)nc1. The van der Waals surface area contributed by atoms with Gasteiger partial charge in [0.15, 0.2) is 0 Å². The fraction of sp³-hybridized carbons (Fsp3) is 0.174. The fourth-order valence-electron chi connectivity index (χ4n) is 2.67. The number of hydrogen-bond acceptors (Lipinski definition) is 4. The van der Waals surface area contributed by atoms with E-state index in [-0.39, 0.29) is 5.56 Å². The van der Waals surface area contributed by atoms with E-state index in [2.05, 4.69) is 10.3 Å². The molecule has 0 bridgehead atoms. The molecule has 1 heterocycles. The van der Waals surface area contributed by atoms with Crippen molar-refractivity contribution in [1.82, 2.24) is 4.98 Å². The zero-order valence-electron chi connectivity index (χ0n) is 16.4. The van der Waals surface area contributed by atoms with Crippen LogP contribution in [-0.4, -0.2) is 22.5 Å². The molecule has 0 fully saturated rings. The number of rotatable bonds is 4. The molecule has 2 aromatic carbocycles. The number of hydrogen-bond donors (Lipinski definition) is 1. The molecule has 148 valence electrons. The maximum atomic E-state index is 12.7. The molecule has 0 radical (unpaired) electrons. The van der Waals surface area contributed by atoms with E-state index < -0.39 is 17.5 Å². The van der Waals surface area contributed by atoms with E-state index in [4.69, 9.17) is 16.3 Å². The number of benzene rings is 2. The van der Waals surface area contributed by atoms with Crippen LogP contribution < -0.4 is 5.32 Å². The van der Waals surface area contributed by atoms with E-state index in [0.717, 1.165) is 11.1 Å². The average Bonchev–Trinajstić information content (AvgIpc) is 2.67. The van der Waals surface area contributed by atoms with Crippen LogP contribution in [0.1, 0.15) is 41.5 Å². The number of amides is 1. The lowest BCUT2D eigenvalue weighted by atomic mass is 10.0. The van der Waals surface area contributed by atoms with E-state index >= 15 is 0 Å². The van der Waals surface area contributed by atoms with Crippen molar-refractivity contribution >= 4 is 29.2 Å². The zero-order valence-corrected chi connectivity index (χ0v) is 17.2. The van der Waals surface area contributed by atoms with Crippen molar-refractivity contribution in [3.63, 3.8) is 0 Å². The number of carbonyl (C=O) groups is 2. The number of esters is 1. The van der Waals surface area contributed by atoms with Gasteiger partial charge in [-0.15, -0.1) is 0 Å². The lowest BCUT2D eigenvalue weighted by Gasteiger charge is -2.21. The van der Waals surface area contributed by atoms with Gasteiger partial charge in [0.05, 0.1) is 16.8 Å². The molecule has 5 nitrogen and oxygen atoms in total. The third kappa shape index (κ3) is 5.42. The van der Waals surface area contributed by atoms with Gasteiger partial charge in [0.2, 0.25) is 0 Å². The second-order valence-corrected chi connectivity index (χ2v) is 7.84. The maximum absolute atomic E-state index is 12.7. The van der Waals surface area contributed by atoms with Crippen molar-refractivity contribution in [1.29, 1.82) is 0 Å². The van der Waals surface area contributed by atoms with Gasteiger partial charge in [0.25, 0.3) is 5.91 Å². The molecular weight excluding hydrogens is 388 g/mol. The first-order chi connectivity index (χ1) is 13.7. The van der Waals surface area contributed by atoms with Crippen molar-refractivity contribution in [3.8, 4) is 11.1 Å². The highest BCUT2D eigenvalue weighted by Crippen LogP contribution is 2.28. The molecule has 3 rings (SSSR count). The third-order valence-corrected chi connectivity index (χ3v) is 4.21. The quantitative estimate of drug-likeness (QED) is 0.450. The maximum Gasteiger partial charge on any atom is 0.340 e. The number of halogens is 1. The lowest BCUT2D eigenvalue weighted by Crippen LogP contribution is -2.25. The molecule has 0 saturated heterocycles. The molecule has 1 aromatic heterocycles. The molecule has 6 heteroatoms. The third-order valence-electron chi connectivity index (χ3n) is 3.98. The normalized spacial score (nSPS) is 11.0. The van der Waals surface area contributed by atoms with Crippen LogP contribution in [-0.2, 0) is 4.74 Å². The van der Waals surface area contributed by atoms with E-state index in [1.54, 1.807) is 39.0 Å². The summed E-state index contributed by atoms with van der Waals surface area (Å²) in [6.07, 6.45) is 1.38. The number of pyridine rings is 1. The second-order valence-electron chi connectivity index (χ2n) is 7.45. The van der Waals surface area contributed by atoms with Gasteiger partial charge in [-0.2, -0.15) is 0 Å². The van der Waals surface area contributed by atoms with E-state index in [1.165, 1.54) is 12.3 Å². The van der Waals surface area contributed by atoms with Gasteiger partial charge in [-0.05, 0) is 56.2 Å². The Balaban J connectivity index is 1.99. The van der Waals surface area contributed by atoms with Gasteiger partial charge in [-0.1, -0.05) is 48.0 Å². The minimum absolute atomic E-state index is 0.273. The molecule has 29 heavy (non-hydrogen) atoms. The average molecular weight is 409 g/mol. The topological polar surface area (TPSA) is 68.3 Å². The summed E-state index contributed by atoms with van der Waals surface area (Å²) in [5, 5.41) is 3.09. The van der Waals surface area contributed by atoms with Crippen LogP contribution >= 0.6 is 11.6 Å². The molecule has 0 atom stereocenters. The minimum Gasteiger partial charge on any atom is -0.456 e. The molecule has 0 spiro atoms. The fourth-order valence-corrected chi connectivity index (χ4v) is 2.79. The van der Waals surface area contributed by atoms with Gasteiger partial charge in [0, 0.05) is 6.20 Å². The summed E-state index contributed by atoms with van der Waals surface area (Å²) in [5.74, 6) is -0.911. The molecule has 1 N–H and O–H groups in total. The number of aromatic nitrogens is 1. The highest BCUT2D eigenvalue weighted by Gasteiger charge is 2.22. The first-order valence-corrected chi connectivity index (χ1v) is 9.46. The first-order valence-electron chi connectivity index (χ1n) is 9.09. The zero-order chi connectivity index (χ0) is 21.0. The molecule has 0 unspecified atom stereocenters. The Morgan fingerprint density at radius 3 is 2.31 bits per heavy atom. The summed E-state index contributed by atoms with van der Waals surface area (Å²) in [4.78, 5) is 29.3. The Morgan fingerprint density at radius 2 is 1.69 bits per heavy atom. The van der Waals surface area contributed by atoms with Gasteiger partial charge in [-0.3, -0.25) is 4.79 Å². The summed E-state index contributed by atoms with van der Waals surface area (Å²) >= 11 is 5.79. The van der Waals surface area contributed by atoms with Crippen LogP contribution in [0.4, 0.5) is 5.69 Å². The minimum atomic E-state index is -0.656. The molecular formula is C23H21ClN2O3. The molecule has 3 aromatic rings. The molecule has 1 amide bonds. The Labute approximate surface area is 174 Å². The largest absolute Gasteiger partial charge is 0.456 e. The number of nitrogens with zero attached hydrogens (tertiary/aromatic N) is 1. The van der Waals surface area contributed by atoms with Gasteiger partial charge in [-0.25, -0.2) is 9.78 Å². The highest BCUT2D eigenvalue weighted by molar-refractivity contribution is 6.29. The smallest absolute Gasteiger partial charge is 0.340 e. The summed E-state index contributed by atoms with van der Waals surface area (Å²) < 4.78 is 5.49. The summed E-state index contributed by atoms with van der Waals surface area (Å²) in [7, 11) is 0. The van der Waals surface area contributed by atoms with Gasteiger partial charge >= 0.3 is 5.97 Å². The van der Waals surface area contributed by atoms with Crippen molar-refractivity contribution in [3.05, 3.63) is 83.1 Å². The number of nitrogens with one attached hydrogen (secondary N) is 1. The van der Waals surface area contributed by atoms with Crippen LogP contribution in [0.5, 0.6) is 0 Å². The van der Waals surface area contributed by atoms with Crippen molar-refractivity contribution in [2.24, 2.45) is 0 Å². The number of carbonyl (C=O) groups excluding carboxylic acids is 2. The van der Waals surface area contributed by atoms with E-state index in [1.807, 2.05) is 36.4 Å². The lowest BCUT2D eigenvalue weighted by molar-refractivity contribution is 0.00708. The summed E-state index contributed by atoms with van der Waals surface area (Å²) in [6, 6.07) is 18.0. The Morgan fingerprint density at radius 1 is 0.966 bits per heavy atom. The van der Waals surface area contributed by atoms with Crippen LogP contribution in [0.3, 0.4) is 0 Å². The molecule has 0 aliphatic heterocycles. The van der Waals surface area contributed by atoms with Gasteiger partial charge in [0.1, 0.15) is 10.8 Å². The predicted octanol–water partition coefficient (Wildman–Crippen LogP) is 5.61. The van der Waals surface area contributed by atoms with Crippen molar-refractivity contribution in [2.45, 2.75) is 26.4 Å². The highest BCUT2D eigenvalue weighted by atomic mass is 35.5. The Kier molecular flexibility index (Phi) is 5.99. The molecule has 0 saturated carbocycles. The second kappa shape index (κ2) is 8.45. The number of anilines is 1. The first kappa shape index (κ1) is 20.6. The molecule has 0 aliphatic carbocycles. The summed E-state index contributed by atoms with van der Waals surface area (Å²) in [5.41, 5.74) is 2.13. The van der Waals surface area contributed by atoms with Crippen molar-refractivity contribution in [2.75, 3.05) is 5.32 Å². The monoisotopic (exact) mass is 408 g/mol. The van der Waals surface area contributed by atoms with Gasteiger partial charge < -0.3 is 10.1 Å².